The fourth-order valence-corrected chi connectivity index (χ4v) is 2.99. The Labute approximate surface area is 95.3 Å². The van der Waals surface area contributed by atoms with Crippen LogP contribution in [0.1, 0.15) is 37.2 Å². The normalized spacial score (nSPS) is 28.9. The smallest absolute Gasteiger partial charge is 0.0896 e. The van der Waals surface area contributed by atoms with Crippen LogP contribution < -0.4 is 5.32 Å². The van der Waals surface area contributed by atoms with Crippen molar-refractivity contribution in [1.29, 1.82) is 0 Å². The zero-order chi connectivity index (χ0) is 10.7. The van der Waals surface area contributed by atoms with Crippen LogP contribution in [0.15, 0.2) is 17.5 Å². The quantitative estimate of drug-likeness (QED) is 0.828. The molecular weight excluding hydrogens is 206 g/mol. The monoisotopic (exact) mass is 225 g/mol. The maximum atomic E-state index is 10.0. The highest BCUT2D eigenvalue weighted by Crippen LogP contribution is 2.26. The van der Waals surface area contributed by atoms with E-state index in [1.54, 1.807) is 11.3 Å². The van der Waals surface area contributed by atoms with Crippen LogP contribution in [-0.2, 0) is 0 Å². The predicted molar refractivity (Wildman–Crippen MR) is 64.1 cm³/mol. The lowest BCUT2D eigenvalue weighted by Gasteiger charge is -2.29. The molecule has 0 amide bonds. The Balaban J connectivity index is 1.86. The molecule has 1 saturated heterocycles. The Hall–Kier alpha value is -0.380. The van der Waals surface area contributed by atoms with Gasteiger partial charge in [0.1, 0.15) is 0 Å². The molecule has 1 aliphatic heterocycles. The third-order valence-corrected chi connectivity index (χ3v) is 4.11. The summed E-state index contributed by atoms with van der Waals surface area (Å²) in [5.74, 6) is 0.798. The van der Waals surface area contributed by atoms with Crippen molar-refractivity contribution in [3.63, 3.8) is 0 Å². The van der Waals surface area contributed by atoms with Crippen molar-refractivity contribution in [2.75, 3.05) is 6.54 Å². The molecule has 0 radical (unpaired) electrons. The number of thiophene rings is 1. The molecule has 0 spiro atoms. The Morgan fingerprint density at radius 1 is 1.67 bits per heavy atom. The molecule has 1 aromatic rings. The Morgan fingerprint density at radius 3 is 3.20 bits per heavy atom. The van der Waals surface area contributed by atoms with Gasteiger partial charge in [-0.1, -0.05) is 13.0 Å². The number of nitrogens with one attached hydrogen (secondary N) is 1. The molecule has 3 heteroatoms. The second-order valence-corrected chi connectivity index (χ2v) is 5.53. The van der Waals surface area contributed by atoms with Gasteiger partial charge in [-0.2, -0.15) is 0 Å². The summed E-state index contributed by atoms with van der Waals surface area (Å²) in [5.41, 5.74) is 0. The van der Waals surface area contributed by atoms with Crippen LogP contribution in [0, 0.1) is 5.92 Å². The molecule has 3 unspecified atom stereocenters. The maximum absolute atomic E-state index is 10.0. The minimum absolute atomic E-state index is 0.284. The zero-order valence-electron chi connectivity index (χ0n) is 9.15. The fourth-order valence-electron chi connectivity index (χ4n) is 2.27. The SMILES string of the molecule is CC1CCNC(CC(O)c2cccs2)C1. The van der Waals surface area contributed by atoms with Gasteiger partial charge in [0.15, 0.2) is 0 Å². The lowest BCUT2D eigenvalue weighted by molar-refractivity contribution is 0.141. The molecule has 1 aromatic heterocycles. The Kier molecular flexibility index (Phi) is 3.78. The van der Waals surface area contributed by atoms with Gasteiger partial charge >= 0.3 is 0 Å². The highest BCUT2D eigenvalue weighted by Gasteiger charge is 2.21. The van der Waals surface area contributed by atoms with E-state index in [9.17, 15) is 5.11 Å². The van der Waals surface area contributed by atoms with Crippen molar-refractivity contribution >= 4 is 11.3 Å². The highest BCUT2D eigenvalue weighted by molar-refractivity contribution is 7.10. The van der Waals surface area contributed by atoms with E-state index in [0.717, 1.165) is 23.8 Å². The summed E-state index contributed by atoms with van der Waals surface area (Å²) in [6, 6.07) is 4.51. The summed E-state index contributed by atoms with van der Waals surface area (Å²) in [5, 5.41) is 15.5. The van der Waals surface area contributed by atoms with Crippen molar-refractivity contribution in [2.45, 2.75) is 38.3 Å². The number of piperidine rings is 1. The van der Waals surface area contributed by atoms with E-state index < -0.39 is 0 Å². The minimum Gasteiger partial charge on any atom is -0.388 e. The van der Waals surface area contributed by atoms with Gasteiger partial charge in [-0.25, -0.2) is 0 Å². The standard InChI is InChI=1S/C12H19NOS/c1-9-4-5-13-10(7-9)8-11(14)12-3-2-6-15-12/h2-3,6,9-11,13-14H,4-5,7-8H2,1H3. The van der Waals surface area contributed by atoms with Crippen molar-refractivity contribution in [3.8, 4) is 0 Å². The molecular formula is C12H19NOS. The molecule has 2 N–H and O–H groups in total. The molecule has 1 aliphatic rings. The summed E-state index contributed by atoms with van der Waals surface area (Å²) in [6.07, 6.45) is 3.03. The first kappa shape index (κ1) is 11.1. The number of hydrogen-bond donors (Lipinski definition) is 2. The van der Waals surface area contributed by atoms with E-state index in [4.69, 9.17) is 0 Å². The third kappa shape index (κ3) is 3.03. The van der Waals surface area contributed by atoms with Gasteiger partial charge < -0.3 is 10.4 Å². The van der Waals surface area contributed by atoms with Gasteiger partial charge in [0, 0.05) is 10.9 Å². The summed E-state index contributed by atoms with van der Waals surface area (Å²) in [6.45, 7) is 3.40. The lowest BCUT2D eigenvalue weighted by atomic mass is 9.91. The number of aliphatic hydroxyl groups excluding tert-OH is 1. The minimum atomic E-state index is -0.284. The van der Waals surface area contributed by atoms with E-state index >= 15 is 0 Å². The first-order valence-corrected chi connectivity index (χ1v) is 6.58. The molecule has 2 nitrogen and oxygen atoms in total. The van der Waals surface area contributed by atoms with Crippen LogP contribution in [0.5, 0.6) is 0 Å². The first-order chi connectivity index (χ1) is 7.25. The number of hydrogen-bond acceptors (Lipinski definition) is 3. The second-order valence-electron chi connectivity index (χ2n) is 4.55. The van der Waals surface area contributed by atoms with Gasteiger partial charge in [0.2, 0.25) is 0 Å². The summed E-state index contributed by atoms with van der Waals surface area (Å²) < 4.78 is 0. The summed E-state index contributed by atoms with van der Waals surface area (Å²) >= 11 is 1.64. The van der Waals surface area contributed by atoms with E-state index in [1.165, 1.54) is 12.8 Å². The molecule has 84 valence electrons. The van der Waals surface area contributed by atoms with Crippen molar-refractivity contribution in [3.05, 3.63) is 22.4 Å². The molecule has 0 saturated carbocycles. The largest absolute Gasteiger partial charge is 0.388 e. The molecule has 0 aromatic carbocycles. The van der Waals surface area contributed by atoms with E-state index in [0.29, 0.717) is 6.04 Å². The van der Waals surface area contributed by atoms with Crippen LogP contribution in [0.25, 0.3) is 0 Å². The van der Waals surface area contributed by atoms with Crippen LogP contribution in [0.4, 0.5) is 0 Å². The maximum Gasteiger partial charge on any atom is 0.0896 e. The second kappa shape index (κ2) is 5.10. The molecule has 0 aliphatic carbocycles. The summed E-state index contributed by atoms with van der Waals surface area (Å²) in [4.78, 5) is 1.09. The number of aliphatic hydroxyl groups is 1. The highest BCUT2D eigenvalue weighted by atomic mass is 32.1. The lowest BCUT2D eigenvalue weighted by Crippen LogP contribution is -2.38. The van der Waals surface area contributed by atoms with Crippen molar-refractivity contribution < 1.29 is 5.11 Å². The fraction of sp³-hybridized carbons (Fsp3) is 0.667. The van der Waals surface area contributed by atoms with Gasteiger partial charge in [-0.15, -0.1) is 11.3 Å². The van der Waals surface area contributed by atoms with Crippen LogP contribution in [0.2, 0.25) is 0 Å². The van der Waals surface area contributed by atoms with Crippen molar-refractivity contribution in [1.82, 2.24) is 5.32 Å². The summed E-state index contributed by atoms with van der Waals surface area (Å²) in [7, 11) is 0. The van der Waals surface area contributed by atoms with E-state index in [-0.39, 0.29) is 6.10 Å². The average Bonchev–Trinajstić information content (AvgIpc) is 2.70. The van der Waals surface area contributed by atoms with Crippen LogP contribution in [0.3, 0.4) is 0 Å². The predicted octanol–water partition coefficient (Wildman–Crippen LogP) is 2.56. The molecule has 0 bridgehead atoms. The number of rotatable bonds is 3. The molecule has 2 heterocycles. The van der Waals surface area contributed by atoms with Crippen LogP contribution >= 0.6 is 11.3 Å². The third-order valence-electron chi connectivity index (χ3n) is 3.14. The topological polar surface area (TPSA) is 32.3 Å². The Morgan fingerprint density at radius 2 is 2.53 bits per heavy atom. The molecule has 3 atom stereocenters. The van der Waals surface area contributed by atoms with Gasteiger partial charge in [0.05, 0.1) is 6.10 Å². The van der Waals surface area contributed by atoms with E-state index in [1.807, 2.05) is 17.5 Å². The van der Waals surface area contributed by atoms with Crippen molar-refractivity contribution in [2.24, 2.45) is 5.92 Å². The first-order valence-electron chi connectivity index (χ1n) is 5.70. The molecule has 2 rings (SSSR count). The zero-order valence-corrected chi connectivity index (χ0v) is 9.96. The average molecular weight is 225 g/mol. The Bertz CT molecular complexity index is 286. The molecule has 1 fully saturated rings. The molecule has 15 heavy (non-hydrogen) atoms. The van der Waals surface area contributed by atoms with E-state index in [2.05, 4.69) is 12.2 Å². The van der Waals surface area contributed by atoms with Gasteiger partial charge in [0.25, 0.3) is 0 Å². The van der Waals surface area contributed by atoms with Gasteiger partial charge in [-0.3, -0.25) is 0 Å². The van der Waals surface area contributed by atoms with Gasteiger partial charge in [-0.05, 0) is 43.2 Å². The van der Waals surface area contributed by atoms with Crippen LogP contribution in [-0.4, -0.2) is 17.7 Å².